The van der Waals surface area contributed by atoms with Crippen LogP contribution in [-0.4, -0.2) is 4.98 Å². The number of halogens is 2. The summed E-state index contributed by atoms with van der Waals surface area (Å²) in [5.41, 5.74) is 6.08. The van der Waals surface area contributed by atoms with Crippen LogP contribution in [-0.2, 0) is 0 Å². The summed E-state index contributed by atoms with van der Waals surface area (Å²) in [5.74, 6) is -1.02. The first-order chi connectivity index (χ1) is 7.08. The molecule has 0 amide bonds. The van der Waals surface area contributed by atoms with Crippen molar-refractivity contribution < 1.29 is 8.78 Å². The second-order valence-corrected chi connectivity index (χ2v) is 4.30. The Balaban J connectivity index is 2.62. The predicted octanol–water partition coefficient (Wildman–Crippen LogP) is 2.98. The summed E-state index contributed by atoms with van der Waals surface area (Å²) in [5, 5.41) is 1.13. The Morgan fingerprint density at radius 1 is 1.33 bits per heavy atom. The first-order valence-corrected chi connectivity index (χ1v) is 5.08. The largest absolute Gasteiger partial charge is 0.389 e. The minimum absolute atomic E-state index is 0.108. The molecule has 0 bridgehead atoms. The Kier molecular flexibility index (Phi) is 2.40. The van der Waals surface area contributed by atoms with Crippen molar-refractivity contribution in [2.75, 3.05) is 5.73 Å². The number of benzene rings is 1. The Bertz CT molecular complexity index is 508. The molecule has 0 saturated heterocycles. The van der Waals surface area contributed by atoms with Gasteiger partial charge in [-0.05, 0) is 25.1 Å². The van der Waals surface area contributed by atoms with Crippen LogP contribution in [0, 0.1) is 18.6 Å². The smallest absolute Gasteiger partial charge is 0.132 e. The topological polar surface area (TPSA) is 38.9 Å². The number of nitrogen functional groups attached to an aromatic ring is 1. The highest BCUT2D eigenvalue weighted by Crippen LogP contribution is 2.32. The Morgan fingerprint density at radius 3 is 2.67 bits per heavy atom. The molecule has 0 aliphatic rings. The van der Waals surface area contributed by atoms with Crippen LogP contribution in [0.5, 0.6) is 0 Å². The lowest BCUT2D eigenvalue weighted by molar-refractivity contribution is 0.603. The quantitative estimate of drug-likeness (QED) is 0.811. The van der Waals surface area contributed by atoms with Gasteiger partial charge in [0.1, 0.15) is 22.3 Å². The van der Waals surface area contributed by atoms with E-state index in [0.717, 1.165) is 23.2 Å². The van der Waals surface area contributed by atoms with Crippen LogP contribution >= 0.6 is 11.3 Å². The minimum atomic E-state index is -0.520. The molecule has 2 rings (SSSR count). The molecule has 2 aromatic rings. The number of nitrogens with two attached hydrogens (primary N) is 1. The maximum Gasteiger partial charge on any atom is 0.132 e. The van der Waals surface area contributed by atoms with Crippen molar-refractivity contribution >= 4 is 16.3 Å². The van der Waals surface area contributed by atoms with Gasteiger partial charge in [-0.25, -0.2) is 13.8 Å². The Morgan fingerprint density at radius 2 is 2.07 bits per heavy atom. The third kappa shape index (κ3) is 1.83. The summed E-state index contributed by atoms with van der Waals surface area (Å²) >= 11 is 1.26. The summed E-state index contributed by atoms with van der Waals surface area (Å²) < 4.78 is 26.3. The molecule has 5 heteroatoms. The van der Waals surface area contributed by atoms with Gasteiger partial charge in [0.15, 0.2) is 0 Å². The third-order valence-corrected chi connectivity index (χ3v) is 2.74. The van der Waals surface area contributed by atoms with Gasteiger partial charge in [0.2, 0.25) is 0 Å². The van der Waals surface area contributed by atoms with Gasteiger partial charge in [0.05, 0.1) is 5.01 Å². The van der Waals surface area contributed by atoms with Crippen molar-refractivity contribution in [3.63, 3.8) is 0 Å². The summed E-state index contributed by atoms with van der Waals surface area (Å²) in [4.78, 5) is 4.07. The fourth-order valence-corrected chi connectivity index (χ4v) is 2.02. The number of thiazole rings is 1. The number of anilines is 1. The number of aromatic nitrogens is 1. The van der Waals surface area contributed by atoms with Gasteiger partial charge in [-0.1, -0.05) is 0 Å². The molecule has 1 aromatic heterocycles. The molecule has 78 valence electrons. The molecule has 0 unspecified atom stereocenters. The molecule has 0 spiro atoms. The summed E-state index contributed by atoms with van der Waals surface area (Å²) in [6.07, 6.45) is 0. The molecule has 0 aliphatic heterocycles. The zero-order chi connectivity index (χ0) is 11.0. The van der Waals surface area contributed by atoms with E-state index < -0.39 is 11.6 Å². The molecule has 0 aliphatic carbocycles. The molecule has 1 aromatic carbocycles. The lowest BCUT2D eigenvalue weighted by atomic mass is 10.1. The SMILES string of the molecule is Cc1nc(-c2cc(F)ccc2F)c(N)s1. The van der Waals surface area contributed by atoms with Crippen molar-refractivity contribution in [1.29, 1.82) is 0 Å². The highest BCUT2D eigenvalue weighted by Gasteiger charge is 2.13. The van der Waals surface area contributed by atoms with E-state index in [1.807, 2.05) is 0 Å². The summed E-state index contributed by atoms with van der Waals surface area (Å²) in [6.45, 7) is 1.77. The molecule has 1 heterocycles. The van der Waals surface area contributed by atoms with Crippen molar-refractivity contribution in [3.05, 3.63) is 34.8 Å². The maximum atomic E-state index is 13.4. The number of hydrogen-bond acceptors (Lipinski definition) is 3. The first kappa shape index (κ1) is 10.0. The predicted molar refractivity (Wildman–Crippen MR) is 56.6 cm³/mol. The number of aryl methyl sites for hydroxylation is 1. The molecular formula is C10H8F2N2S. The number of hydrogen-bond donors (Lipinski definition) is 1. The summed E-state index contributed by atoms with van der Waals surface area (Å²) in [6, 6.07) is 3.23. The van der Waals surface area contributed by atoms with E-state index in [-0.39, 0.29) is 5.56 Å². The van der Waals surface area contributed by atoms with Crippen LogP contribution in [0.3, 0.4) is 0 Å². The third-order valence-electron chi connectivity index (χ3n) is 1.94. The molecule has 2 nitrogen and oxygen atoms in total. The first-order valence-electron chi connectivity index (χ1n) is 4.26. The fraction of sp³-hybridized carbons (Fsp3) is 0.100. The molecule has 0 radical (unpaired) electrons. The molecule has 0 atom stereocenters. The van der Waals surface area contributed by atoms with E-state index in [4.69, 9.17) is 5.73 Å². The van der Waals surface area contributed by atoms with Gasteiger partial charge in [-0.3, -0.25) is 0 Å². The van der Waals surface area contributed by atoms with Gasteiger partial charge in [-0.2, -0.15) is 0 Å². The zero-order valence-corrected chi connectivity index (χ0v) is 8.74. The highest BCUT2D eigenvalue weighted by molar-refractivity contribution is 7.16. The van der Waals surface area contributed by atoms with Gasteiger partial charge in [-0.15, -0.1) is 11.3 Å². The molecule has 0 fully saturated rings. The van der Waals surface area contributed by atoms with E-state index in [1.165, 1.54) is 11.3 Å². The summed E-state index contributed by atoms with van der Waals surface area (Å²) in [7, 11) is 0. The number of nitrogens with zero attached hydrogens (tertiary/aromatic N) is 1. The number of rotatable bonds is 1. The maximum absolute atomic E-state index is 13.4. The van der Waals surface area contributed by atoms with Crippen molar-refractivity contribution in [1.82, 2.24) is 4.98 Å². The Labute approximate surface area is 89.4 Å². The lowest BCUT2D eigenvalue weighted by Gasteiger charge is -2.00. The van der Waals surface area contributed by atoms with Crippen LogP contribution in [0.2, 0.25) is 0 Å². The second-order valence-electron chi connectivity index (χ2n) is 3.07. The average Bonchev–Trinajstić information content (AvgIpc) is 2.50. The zero-order valence-electron chi connectivity index (χ0n) is 7.92. The van der Waals surface area contributed by atoms with E-state index in [9.17, 15) is 8.78 Å². The van der Waals surface area contributed by atoms with Crippen molar-refractivity contribution in [2.45, 2.75) is 6.92 Å². The van der Waals surface area contributed by atoms with Crippen LogP contribution < -0.4 is 5.73 Å². The van der Waals surface area contributed by atoms with Crippen molar-refractivity contribution in [3.8, 4) is 11.3 Å². The van der Waals surface area contributed by atoms with Crippen molar-refractivity contribution in [2.24, 2.45) is 0 Å². The normalized spacial score (nSPS) is 10.6. The van der Waals surface area contributed by atoms with E-state index in [2.05, 4.69) is 4.98 Å². The van der Waals surface area contributed by atoms with Crippen LogP contribution in [0.25, 0.3) is 11.3 Å². The monoisotopic (exact) mass is 226 g/mol. The fourth-order valence-electron chi connectivity index (χ4n) is 1.31. The van der Waals surface area contributed by atoms with Crippen LogP contribution in [0.1, 0.15) is 5.01 Å². The van der Waals surface area contributed by atoms with Crippen LogP contribution in [0.4, 0.5) is 13.8 Å². The van der Waals surface area contributed by atoms with E-state index in [1.54, 1.807) is 6.92 Å². The standard InChI is InChI=1S/C10H8F2N2S/c1-5-14-9(10(13)15-5)7-4-6(11)2-3-8(7)12/h2-4H,13H2,1H3. The van der Waals surface area contributed by atoms with E-state index >= 15 is 0 Å². The van der Waals surface area contributed by atoms with Crippen LogP contribution in [0.15, 0.2) is 18.2 Å². The molecule has 0 saturated carbocycles. The van der Waals surface area contributed by atoms with Gasteiger partial charge < -0.3 is 5.73 Å². The highest BCUT2D eigenvalue weighted by atomic mass is 32.1. The molecule has 2 N–H and O–H groups in total. The average molecular weight is 226 g/mol. The molecule has 15 heavy (non-hydrogen) atoms. The molecular weight excluding hydrogens is 218 g/mol. The van der Waals surface area contributed by atoms with E-state index in [0.29, 0.717) is 10.7 Å². The van der Waals surface area contributed by atoms with Gasteiger partial charge >= 0.3 is 0 Å². The Hall–Kier alpha value is -1.49. The lowest BCUT2D eigenvalue weighted by Crippen LogP contribution is -1.90. The minimum Gasteiger partial charge on any atom is -0.389 e. The van der Waals surface area contributed by atoms with Gasteiger partial charge in [0.25, 0.3) is 0 Å². The second kappa shape index (κ2) is 3.58. The van der Waals surface area contributed by atoms with Gasteiger partial charge in [0, 0.05) is 5.56 Å².